The fourth-order valence-corrected chi connectivity index (χ4v) is 5.82. The van der Waals surface area contributed by atoms with E-state index in [1.54, 1.807) is 13.2 Å². The van der Waals surface area contributed by atoms with Crippen LogP contribution >= 0.6 is 0 Å². The van der Waals surface area contributed by atoms with E-state index in [4.69, 9.17) is 23.7 Å². The van der Waals surface area contributed by atoms with E-state index >= 15 is 0 Å². The number of ether oxygens (including phenoxy) is 5. The number of rotatable bonds is 14. The second kappa shape index (κ2) is 15.1. The van der Waals surface area contributed by atoms with Crippen molar-refractivity contribution in [3.05, 3.63) is 60.7 Å². The molecule has 0 bridgehead atoms. The fourth-order valence-electron chi connectivity index (χ4n) is 5.82. The number of alkyl carbamates (subject to hydrolysis) is 1. The standard InChI is InChI=1S/C36H50N2O8/c1-11-15-35(6,7)16-17-45-33(41)37-30(34(3,4)5)31(39)38-22-36(46-23-42-8,21-28(38)32(40)44-10)27-14-13-25-20-29(43-9)24(12-2)18-26(25)19-27/h11-14,18-20,28,30H,1-2,15-17,21-23H2,3-10H3,(H,37,41)/t28-,30?,36-/m0/s1. The van der Waals surface area contributed by atoms with E-state index < -0.39 is 41.1 Å². The maximum atomic E-state index is 14.4. The minimum atomic E-state index is -1.12. The number of methoxy groups -OCH3 is 3. The van der Waals surface area contributed by atoms with Gasteiger partial charge in [-0.25, -0.2) is 9.59 Å². The zero-order chi connectivity index (χ0) is 34.3. The van der Waals surface area contributed by atoms with Crippen molar-refractivity contribution in [2.45, 2.75) is 71.6 Å². The van der Waals surface area contributed by atoms with Crippen LogP contribution in [0.2, 0.25) is 0 Å². The van der Waals surface area contributed by atoms with Crippen molar-refractivity contribution < 1.29 is 38.1 Å². The van der Waals surface area contributed by atoms with E-state index in [9.17, 15) is 14.4 Å². The fraction of sp³-hybridized carbons (Fsp3) is 0.528. The third-order valence-corrected chi connectivity index (χ3v) is 8.55. The van der Waals surface area contributed by atoms with E-state index in [0.29, 0.717) is 12.2 Å². The molecule has 46 heavy (non-hydrogen) atoms. The number of hydrogen-bond acceptors (Lipinski definition) is 8. The minimum absolute atomic E-state index is 0.0178. The molecule has 1 N–H and O–H groups in total. The van der Waals surface area contributed by atoms with Gasteiger partial charge in [-0.05, 0) is 58.2 Å². The summed E-state index contributed by atoms with van der Waals surface area (Å²) in [6, 6.07) is 7.75. The smallest absolute Gasteiger partial charge is 0.407 e. The molecule has 1 heterocycles. The highest BCUT2D eigenvalue weighted by molar-refractivity contribution is 5.92. The second-order valence-electron chi connectivity index (χ2n) is 13.6. The number of carbonyl (C=O) groups excluding carboxylic acids is 3. The summed E-state index contributed by atoms with van der Waals surface area (Å²) in [6.07, 6.45) is 4.37. The van der Waals surface area contributed by atoms with Crippen molar-refractivity contribution in [3.8, 4) is 5.75 Å². The van der Waals surface area contributed by atoms with Crippen molar-refractivity contribution in [1.29, 1.82) is 0 Å². The van der Waals surface area contributed by atoms with Gasteiger partial charge in [-0.1, -0.05) is 65.5 Å². The first-order valence-corrected chi connectivity index (χ1v) is 15.5. The number of nitrogens with zero attached hydrogens (tertiary/aromatic N) is 1. The van der Waals surface area contributed by atoms with Crippen LogP contribution in [0.3, 0.4) is 0 Å². The Morgan fingerprint density at radius 1 is 1.07 bits per heavy atom. The van der Waals surface area contributed by atoms with E-state index in [2.05, 4.69) is 32.3 Å². The molecule has 10 heteroatoms. The molecule has 1 aliphatic rings. The summed E-state index contributed by atoms with van der Waals surface area (Å²) in [6.45, 7) is 17.5. The Morgan fingerprint density at radius 3 is 2.37 bits per heavy atom. The number of nitrogens with one attached hydrogen (secondary N) is 1. The van der Waals surface area contributed by atoms with Crippen molar-refractivity contribution in [2.75, 3.05) is 41.3 Å². The summed E-state index contributed by atoms with van der Waals surface area (Å²) < 4.78 is 27.8. The van der Waals surface area contributed by atoms with Crippen molar-refractivity contribution >= 4 is 34.8 Å². The van der Waals surface area contributed by atoms with Crippen LogP contribution in [0.5, 0.6) is 5.75 Å². The van der Waals surface area contributed by atoms with Crippen LogP contribution in [0.25, 0.3) is 16.8 Å². The van der Waals surface area contributed by atoms with Gasteiger partial charge in [0.2, 0.25) is 5.91 Å². The molecule has 0 saturated carbocycles. The Bertz CT molecular complexity index is 1430. The maximum absolute atomic E-state index is 14.4. The molecule has 0 radical (unpaired) electrons. The first kappa shape index (κ1) is 36.6. The van der Waals surface area contributed by atoms with E-state index in [1.807, 2.05) is 57.2 Å². The average Bonchev–Trinajstić information content (AvgIpc) is 3.41. The van der Waals surface area contributed by atoms with Crippen LogP contribution in [0.4, 0.5) is 4.79 Å². The molecular weight excluding hydrogens is 588 g/mol. The van der Waals surface area contributed by atoms with Crippen LogP contribution in [0.1, 0.15) is 65.0 Å². The highest BCUT2D eigenvalue weighted by Crippen LogP contribution is 2.42. The van der Waals surface area contributed by atoms with Crippen LogP contribution in [-0.2, 0) is 34.1 Å². The molecular formula is C36H50N2O8. The third kappa shape index (κ3) is 8.47. The van der Waals surface area contributed by atoms with Gasteiger partial charge < -0.3 is 33.9 Å². The number of allylic oxidation sites excluding steroid dienone is 1. The number of esters is 1. The Balaban J connectivity index is 1.99. The van der Waals surface area contributed by atoms with Crippen molar-refractivity contribution in [1.82, 2.24) is 10.2 Å². The van der Waals surface area contributed by atoms with E-state index in [-0.39, 0.29) is 31.8 Å². The summed E-state index contributed by atoms with van der Waals surface area (Å²) in [5.41, 5.74) is -0.348. The second-order valence-corrected chi connectivity index (χ2v) is 13.6. The molecule has 1 aliphatic heterocycles. The number of amides is 2. The first-order valence-electron chi connectivity index (χ1n) is 15.5. The summed E-state index contributed by atoms with van der Waals surface area (Å²) >= 11 is 0. The predicted octanol–water partition coefficient (Wildman–Crippen LogP) is 6.21. The lowest BCUT2D eigenvalue weighted by Gasteiger charge is -2.35. The summed E-state index contributed by atoms with van der Waals surface area (Å²) in [5.74, 6) is -0.340. The summed E-state index contributed by atoms with van der Waals surface area (Å²) in [7, 11) is 4.40. The van der Waals surface area contributed by atoms with Crippen LogP contribution in [-0.4, -0.2) is 76.2 Å². The average molecular weight is 639 g/mol. The molecule has 2 amide bonds. The van der Waals surface area contributed by atoms with Gasteiger partial charge in [0.15, 0.2) is 0 Å². The molecule has 0 aromatic heterocycles. The maximum Gasteiger partial charge on any atom is 0.407 e. The molecule has 3 atom stereocenters. The normalized spacial score (nSPS) is 19.0. The molecule has 2 aromatic rings. The van der Waals surface area contributed by atoms with E-state index in [1.165, 1.54) is 19.1 Å². The van der Waals surface area contributed by atoms with Gasteiger partial charge >= 0.3 is 12.1 Å². The zero-order valence-electron chi connectivity index (χ0n) is 28.6. The lowest BCUT2D eigenvalue weighted by molar-refractivity contribution is -0.152. The highest BCUT2D eigenvalue weighted by atomic mass is 16.7. The Labute approximate surface area is 273 Å². The van der Waals surface area contributed by atoms with Gasteiger partial charge in [0.25, 0.3) is 0 Å². The molecule has 10 nitrogen and oxygen atoms in total. The number of likely N-dealkylation sites (tertiary alicyclic amines) is 1. The Kier molecular flexibility index (Phi) is 12.0. The van der Waals surface area contributed by atoms with E-state index in [0.717, 1.165) is 28.3 Å². The lowest BCUT2D eigenvalue weighted by Crippen LogP contribution is -2.57. The lowest BCUT2D eigenvalue weighted by atomic mass is 9.85. The molecule has 3 rings (SSSR count). The number of hydrogen-bond donors (Lipinski definition) is 1. The predicted molar refractivity (Wildman–Crippen MR) is 178 cm³/mol. The van der Waals surface area contributed by atoms with Gasteiger partial charge in [0, 0.05) is 19.1 Å². The third-order valence-electron chi connectivity index (χ3n) is 8.55. The van der Waals surface area contributed by atoms with Crippen molar-refractivity contribution in [3.63, 3.8) is 0 Å². The first-order chi connectivity index (χ1) is 21.6. The van der Waals surface area contributed by atoms with Crippen LogP contribution in [0, 0.1) is 10.8 Å². The van der Waals surface area contributed by atoms with Crippen LogP contribution in [0.15, 0.2) is 49.6 Å². The number of carbonyl (C=O) groups is 3. The topological polar surface area (TPSA) is 113 Å². The Hall–Kier alpha value is -3.89. The Morgan fingerprint density at radius 2 is 1.78 bits per heavy atom. The summed E-state index contributed by atoms with van der Waals surface area (Å²) in [5, 5.41) is 4.62. The molecule has 0 aliphatic carbocycles. The van der Waals surface area contributed by atoms with Gasteiger partial charge in [-0.15, -0.1) is 6.58 Å². The minimum Gasteiger partial charge on any atom is -0.496 e. The van der Waals surface area contributed by atoms with Gasteiger partial charge in [-0.2, -0.15) is 0 Å². The van der Waals surface area contributed by atoms with Gasteiger partial charge in [0.1, 0.15) is 30.2 Å². The molecule has 252 valence electrons. The molecule has 1 saturated heterocycles. The quantitative estimate of drug-likeness (QED) is 0.148. The highest BCUT2D eigenvalue weighted by Gasteiger charge is 2.53. The SMILES string of the molecule is C=CCC(C)(C)CCOC(=O)NC(C(=O)N1C[C@](OCOC)(c2ccc3cc(OC)c(C=C)cc3c2)C[C@H]1C(=O)OC)C(C)(C)C. The molecule has 2 aromatic carbocycles. The van der Waals surface area contributed by atoms with Gasteiger partial charge in [0.05, 0.1) is 27.4 Å². The number of benzene rings is 2. The monoisotopic (exact) mass is 638 g/mol. The summed E-state index contributed by atoms with van der Waals surface area (Å²) in [4.78, 5) is 42.0. The largest absolute Gasteiger partial charge is 0.496 e. The molecule has 0 spiro atoms. The molecule has 1 fully saturated rings. The number of fused-ring (bicyclic) bond motifs is 1. The molecule has 1 unspecified atom stereocenters. The van der Waals surface area contributed by atoms with Gasteiger partial charge in [-0.3, -0.25) is 4.79 Å². The van der Waals surface area contributed by atoms with Crippen molar-refractivity contribution in [2.24, 2.45) is 10.8 Å². The van der Waals surface area contributed by atoms with Crippen LogP contribution < -0.4 is 10.1 Å². The zero-order valence-corrected chi connectivity index (χ0v) is 28.6.